The van der Waals surface area contributed by atoms with Crippen LogP contribution in [0.5, 0.6) is 0 Å². The fraction of sp³-hybridized carbons (Fsp3) is 0.235. The maximum absolute atomic E-state index is 12.0. The molecule has 24 heavy (non-hydrogen) atoms. The molecule has 0 spiro atoms. The molecule has 2 amide bonds. The molecule has 7 nitrogen and oxygen atoms in total. The second kappa shape index (κ2) is 7.45. The summed E-state index contributed by atoms with van der Waals surface area (Å²) < 4.78 is 9.99. The molecule has 7 heteroatoms. The summed E-state index contributed by atoms with van der Waals surface area (Å²) in [5, 5.41) is 2.68. The van der Waals surface area contributed by atoms with Crippen LogP contribution in [0.2, 0.25) is 0 Å². The van der Waals surface area contributed by atoms with Crippen molar-refractivity contribution in [3.63, 3.8) is 0 Å². The quantitative estimate of drug-likeness (QED) is 0.848. The van der Waals surface area contributed by atoms with E-state index in [1.54, 1.807) is 39.2 Å². The van der Waals surface area contributed by atoms with Gasteiger partial charge in [-0.1, -0.05) is 6.07 Å². The van der Waals surface area contributed by atoms with Crippen molar-refractivity contribution >= 4 is 23.5 Å². The van der Waals surface area contributed by atoms with Gasteiger partial charge in [0.15, 0.2) is 12.4 Å². The number of likely N-dealkylation sites (N-methyl/N-ethyl adjacent to an activating group) is 1. The Hall–Kier alpha value is -3.09. The van der Waals surface area contributed by atoms with Crippen molar-refractivity contribution in [2.75, 3.05) is 26.0 Å². The molecule has 0 radical (unpaired) electrons. The van der Waals surface area contributed by atoms with Gasteiger partial charge in [0.1, 0.15) is 0 Å². The zero-order valence-corrected chi connectivity index (χ0v) is 13.7. The second-order valence-corrected chi connectivity index (χ2v) is 5.33. The topological polar surface area (TPSA) is 88.9 Å². The SMILES string of the molecule is Cc1ccc(C(=O)OCC(=O)N(C)C)cc1NC(=O)c1ccco1. The van der Waals surface area contributed by atoms with Crippen LogP contribution in [0.4, 0.5) is 5.69 Å². The van der Waals surface area contributed by atoms with E-state index in [2.05, 4.69) is 5.32 Å². The molecule has 1 heterocycles. The standard InChI is InChI=1S/C17H18N2O5/c1-11-6-7-12(17(22)24-10-15(20)19(2)3)9-13(11)18-16(21)14-5-4-8-23-14/h4-9H,10H2,1-3H3,(H,18,21). The lowest BCUT2D eigenvalue weighted by atomic mass is 10.1. The molecular weight excluding hydrogens is 312 g/mol. The third-order valence-corrected chi connectivity index (χ3v) is 3.29. The number of benzene rings is 1. The van der Waals surface area contributed by atoms with Crippen LogP contribution in [0, 0.1) is 6.92 Å². The van der Waals surface area contributed by atoms with Gasteiger partial charge in [-0.05, 0) is 36.8 Å². The number of furan rings is 1. The molecule has 0 aliphatic rings. The van der Waals surface area contributed by atoms with E-state index in [1.165, 1.54) is 23.3 Å². The van der Waals surface area contributed by atoms with Gasteiger partial charge in [-0.2, -0.15) is 0 Å². The lowest BCUT2D eigenvalue weighted by Crippen LogP contribution is -2.27. The molecule has 1 aromatic carbocycles. The predicted octanol–water partition coefficient (Wildman–Crippen LogP) is 2.09. The Morgan fingerprint density at radius 1 is 1.21 bits per heavy atom. The molecule has 2 aromatic rings. The molecule has 0 saturated heterocycles. The van der Waals surface area contributed by atoms with Crippen LogP contribution in [-0.4, -0.2) is 43.4 Å². The van der Waals surface area contributed by atoms with E-state index in [9.17, 15) is 14.4 Å². The molecular formula is C17H18N2O5. The van der Waals surface area contributed by atoms with Gasteiger partial charge in [-0.25, -0.2) is 4.79 Å². The third-order valence-electron chi connectivity index (χ3n) is 3.29. The smallest absolute Gasteiger partial charge is 0.338 e. The van der Waals surface area contributed by atoms with E-state index >= 15 is 0 Å². The lowest BCUT2D eigenvalue weighted by molar-refractivity contribution is -0.131. The Labute approximate surface area is 139 Å². The Kier molecular flexibility index (Phi) is 5.36. The van der Waals surface area contributed by atoms with E-state index in [0.29, 0.717) is 5.69 Å². The van der Waals surface area contributed by atoms with Crippen molar-refractivity contribution in [3.05, 3.63) is 53.5 Å². The number of hydrogen-bond donors (Lipinski definition) is 1. The van der Waals surface area contributed by atoms with E-state index in [0.717, 1.165) is 5.56 Å². The van der Waals surface area contributed by atoms with Gasteiger partial charge >= 0.3 is 5.97 Å². The third kappa shape index (κ3) is 4.22. The van der Waals surface area contributed by atoms with E-state index in [1.807, 2.05) is 0 Å². The minimum atomic E-state index is -0.640. The van der Waals surface area contributed by atoms with Gasteiger partial charge in [0.25, 0.3) is 11.8 Å². The Morgan fingerprint density at radius 3 is 2.58 bits per heavy atom. The van der Waals surface area contributed by atoms with E-state index in [-0.39, 0.29) is 23.8 Å². The average molecular weight is 330 g/mol. The fourth-order valence-corrected chi connectivity index (χ4v) is 1.82. The number of carbonyl (C=O) groups is 3. The summed E-state index contributed by atoms with van der Waals surface area (Å²) in [6.45, 7) is 1.45. The highest BCUT2D eigenvalue weighted by Crippen LogP contribution is 2.19. The first-order chi connectivity index (χ1) is 11.4. The van der Waals surface area contributed by atoms with Gasteiger partial charge < -0.3 is 19.4 Å². The minimum Gasteiger partial charge on any atom is -0.459 e. The first-order valence-corrected chi connectivity index (χ1v) is 7.21. The highest BCUT2D eigenvalue weighted by molar-refractivity contribution is 6.03. The first-order valence-electron chi connectivity index (χ1n) is 7.21. The summed E-state index contributed by atoms with van der Waals surface area (Å²) >= 11 is 0. The number of nitrogens with zero attached hydrogens (tertiary/aromatic N) is 1. The Morgan fingerprint density at radius 2 is 1.96 bits per heavy atom. The van der Waals surface area contributed by atoms with Gasteiger partial charge in [0, 0.05) is 19.8 Å². The summed E-state index contributed by atoms with van der Waals surface area (Å²) in [5.74, 6) is -1.21. The number of hydrogen-bond acceptors (Lipinski definition) is 5. The summed E-state index contributed by atoms with van der Waals surface area (Å²) in [4.78, 5) is 36.8. The number of anilines is 1. The molecule has 0 atom stereocenters. The Bertz CT molecular complexity index is 750. The predicted molar refractivity (Wildman–Crippen MR) is 86.8 cm³/mol. The van der Waals surface area contributed by atoms with Crippen LogP contribution in [-0.2, 0) is 9.53 Å². The number of amides is 2. The lowest BCUT2D eigenvalue weighted by Gasteiger charge is -2.12. The van der Waals surface area contributed by atoms with Crippen molar-refractivity contribution in [2.45, 2.75) is 6.92 Å². The maximum Gasteiger partial charge on any atom is 0.338 e. The first kappa shape index (κ1) is 17.3. The number of aryl methyl sites for hydroxylation is 1. The van der Waals surface area contributed by atoms with Crippen molar-refractivity contribution in [1.29, 1.82) is 0 Å². The zero-order chi connectivity index (χ0) is 17.7. The van der Waals surface area contributed by atoms with Crippen LogP contribution in [0.15, 0.2) is 41.0 Å². The summed E-state index contributed by atoms with van der Waals surface area (Å²) in [7, 11) is 3.15. The molecule has 0 saturated carbocycles. The maximum atomic E-state index is 12.0. The van der Waals surface area contributed by atoms with Gasteiger partial charge in [0.2, 0.25) is 0 Å². The Balaban J connectivity index is 2.09. The fourth-order valence-electron chi connectivity index (χ4n) is 1.82. The molecule has 0 aliphatic heterocycles. The van der Waals surface area contributed by atoms with Gasteiger partial charge in [-0.15, -0.1) is 0 Å². The molecule has 0 aliphatic carbocycles. The number of nitrogens with one attached hydrogen (secondary N) is 1. The van der Waals surface area contributed by atoms with E-state index in [4.69, 9.17) is 9.15 Å². The largest absolute Gasteiger partial charge is 0.459 e. The molecule has 2 rings (SSSR count). The van der Waals surface area contributed by atoms with Gasteiger partial charge in [-0.3, -0.25) is 9.59 Å². The average Bonchev–Trinajstić information content (AvgIpc) is 3.08. The van der Waals surface area contributed by atoms with Crippen molar-refractivity contribution in [2.24, 2.45) is 0 Å². The summed E-state index contributed by atoms with van der Waals surface area (Å²) in [6.07, 6.45) is 1.40. The van der Waals surface area contributed by atoms with Crippen LogP contribution in [0.1, 0.15) is 26.5 Å². The van der Waals surface area contributed by atoms with E-state index < -0.39 is 11.9 Å². The molecule has 0 fully saturated rings. The monoisotopic (exact) mass is 330 g/mol. The zero-order valence-electron chi connectivity index (χ0n) is 13.7. The van der Waals surface area contributed by atoms with Gasteiger partial charge in [0.05, 0.1) is 11.8 Å². The van der Waals surface area contributed by atoms with Crippen molar-refractivity contribution in [3.8, 4) is 0 Å². The van der Waals surface area contributed by atoms with Crippen LogP contribution < -0.4 is 5.32 Å². The summed E-state index contributed by atoms with van der Waals surface area (Å²) in [6, 6.07) is 7.90. The molecule has 1 N–H and O–H groups in total. The van der Waals surface area contributed by atoms with Crippen molar-refractivity contribution < 1.29 is 23.5 Å². The molecule has 1 aromatic heterocycles. The number of ether oxygens (including phenoxy) is 1. The minimum absolute atomic E-state index is 0.166. The molecule has 0 unspecified atom stereocenters. The molecule has 0 bridgehead atoms. The summed E-state index contributed by atoms with van der Waals surface area (Å²) in [5.41, 5.74) is 1.47. The highest BCUT2D eigenvalue weighted by atomic mass is 16.5. The number of esters is 1. The second-order valence-electron chi connectivity index (χ2n) is 5.33. The molecule has 126 valence electrons. The highest BCUT2D eigenvalue weighted by Gasteiger charge is 2.15. The van der Waals surface area contributed by atoms with Crippen LogP contribution in [0.25, 0.3) is 0 Å². The van der Waals surface area contributed by atoms with Crippen molar-refractivity contribution in [1.82, 2.24) is 4.90 Å². The number of rotatable bonds is 5. The van der Waals surface area contributed by atoms with Crippen LogP contribution >= 0.6 is 0 Å². The van der Waals surface area contributed by atoms with Crippen LogP contribution in [0.3, 0.4) is 0 Å². The number of carbonyl (C=O) groups excluding carboxylic acids is 3. The normalized spacial score (nSPS) is 10.1.